The molecule has 0 aromatic carbocycles. The maximum Gasteiger partial charge on any atom is 0.188 e. The third-order valence-corrected chi connectivity index (χ3v) is 3.27. The average molecular weight is 296 g/mol. The van der Waals surface area contributed by atoms with Gasteiger partial charge >= 0.3 is 0 Å². The minimum absolute atomic E-state index is 0.788. The summed E-state index contributed by atoms with van der Waals surface area (Å²) >= 11 is 4.95. The minimum atomic E-state index is 0.788. The molecule has 82 valence electrons. The van der Waals surface area contributed by atoms with Crippen LogP contribution in [0.3, 0.4) is 0 Å². The summed E-state index contributed by atoms with van der Waals surface area (Å²) in [4.78, 5) is 12.8. The lowest BCUT2D eigenvalue weighted by Crippen LogP contribution is -1.90. The fourth-order valence-corrected chi connectivity index (χ4v) is 2.15. The first-order chi connectivity index (χ1) is 7.74. The van der Waals surface area contributed by atoms with Crippen LogP contribution in [0.1, 0.15) is 11.4 Å². The van der Waals surface area contributed by atoms with E-state index in [4.69, 9.17) is 0 Å². The Labute approximate surface area is 107 Å². The summed E-state index contributed by atoms with van der Waals surface area (Å²) in [5.74, 6) is 0.788. The van der Waals surface area contributed by atoms with Crippen molar-refractivity contribution in [1.82, 2.24) is 15.0 Å². The van der Waals surface area contributed by atoms with E-state index in [0.29, 0.717) is 0 Å². The van der Waals surface area contributed by atoms with Crippen LogP contribution in [0.4, 0.5) is 0 Å². The van der Waals surface area contributed by atoms with E-state index in [2.05, 4.69) is 30.9 Å². The van der Waals surface area contributed by atoms with Crippen LogP contribution in [0.5, 0.6) is 0 Å². The van der Waals surface area contributed by atoms with E-state index in [1.807, 2.05) is 25.1 Å². The molecule has 2 rings (SSSR count). The van der Waals surface area contributed by atoms with Gasteiger partial charge < -0.3 is 0 Å². The normalized spacial score (nSPS) is 10.4. The highest BCUT2D eigenvalue weighted by molar-refractivity contribution is 9.10. The van der Waals surface area contributed by atoms with Gasteiger partial charge in [-0.3, -0.25) is 4.98 Å². The zero-order valence-electron chi connectivity index (χ0n) is 8.72. The molecule has 2 aromatic rings. The first-order valence-corrected chi connectivity index (χ1v) is 6.55. The zero-order chi connectivity index (χ0) is 11.4. The quantitative estimate of drug-likeness (QED) is 0.644. The van der Waals surface area contributed by atoms with E-state index >= 15 is 0 Å². The van der Waals surface area contributed by atoms with Gasteiger partial charge in [0.1, 0.15) is 0 Å². The number of rotatable bonds is 3. The van der Waals surface area contributed by atoms with E-state index in [1.54, 1.807) is 24.2 Å². The summed E-state index contributed by atoms with van der Waals surface area (Å²) in [6.07, 6.45) is 3.58. The minimum Gasteiger partial charge on any atom is -0.259 e. The van der Waals surface area contributed by atoms with Gasteiger partial charge in [-0.25, -0.2) is 9.97 Å². The van der Waals surface area contributed by atoms with Crippen LogP contribution in [-0.2, 0) is 5.75 Å². The standard InChI is InChI=1S/C11H10BrN3S/c1-8-4-5-13-11(15-8)16-7-10-3-2-9(12)6-14-10/h2-6H,7H2,1H3. The van der Waals surface area contributed by atoms with Crippen molar-refractivity contribution in [3.05, 3.63) is 46.5 Å². The van der Waals surface area contributed by atoms with Crippen LogP contribution in [0.2, 0.25) is 0 Å². The van der Waals surface area contributed by atoms with E-state index in [9.17, 15) is 0 Å². The molecule has 16 heavy (non-hydrogen) atoms. The molecule has 0 N–H and O–H groups in total. The summed E-state index contributed by atoms with van der Waals surface area (Å²) in [5, 5.41) is 0.796. The molecule has 2 aromatic heterocycles. The molecule has 0 atom stereocenters. The second kappa shape index (κ2) is 5.41. The van der Waals surface area contributed by atoms with Gasteiger partial charge in [-0.2, -0.15) is 0 Å². The summed E-state index contributed by atoms with van der Waals surface area (Å²) in [7, 11) is 0. The molecular weight excluding hydrogens is 286 g/mol. The van der Waals surface area contributed by atoms with Gasteiger partial charge in [0, 0.05) is 28.3 Å². The molecule has 0 aliphatic heterocycles. The molecule has 0 radical (unpaired) electrons. The number of halogens is 1. The van der Waals surface area contributed by atoms with Crippen LogP contribution >= 0.6 is 27.7 Å². The van der Waals surface area contributed by atoms with Crippen LogP contribution in [-0.4, -0.2) is 15.0 Å². The van der Waals surface area contributed by atoms with Crippen LogP contribution in [0, 0.1) is 6.92 Å². The number of nitrogens with zero attached hydrogens (tertiary/aromatic N) is 3. The lowest BCUT2D eigenvalue weighted by molar-refractivity contribution is 0.930. The van der Waals surface area contributed by atoms with Crippen LogP contribution in [0.15, 0.2) is 40.2 Å². The highest BCUT2D eigenvalue weighted by Gasteiger charge is 2.00. The van der Waals surface area contributed by atoms with Crippen molar-refractivity contribution < 1.29 is 0 Å². The molecule has 2 heterocycles. The Kier molecular flexibility index (Phi) is 3.90. The maximum atomic E-state index is 4.32. The molecule has 0 fully saturated rings. The fraction of sp³-hybridized carbons (Fsp3) is 0.182. The van der Waals surface area contributed by atoms with Crippen molar-refractivity contribution in [2.45, 2.75) is 17.8 Å². The molecule has 0 bridgehead atoms. The summed E-state index contributed by atoms with van der Waals surface area (Å²) < 4.78 is 0.994. The number of hydrogen-bond donors (Lipinski definition) is 0. The molecule has 0 aliphatic carbocycles. The third-order valence-electron chi connectivity index (χ3n) is 1.91. The number of hydrogen-bond acceptors (Lipinski definition) is 4. The predicted molar refractivity (Wildman–Crippen MR) is 68.3 cm³/mol. The lowest BCUT2D eigenvalue weighted by atomic mass is 10.4. The molecule has 3 nitrogen and oxygen atoms in total. The second-order valence-corrected chi connectivity index (χ2v) is 5.10. The number of aryl methyl sites for hydroxylation is 1. The van der Waals surface area contributed by atoms with Crippen molar-refractivity contribution in [3.8, 4) is 0 Å². The van der Waals surface area contributed by atoms with Crippen LogP contribution in [0.25, 0.3) is 0 Å². The van der Waals surface area contributed by atoms with E-state index < -0.39 is 0 Å². The molecule has 5 heteroatoms. The first kappa shape index (κ1) is 11.5. The Morgan fingerprint density at radius 2 is 2.12 bits per heavy atom. The lowest BCUT2D eigenvalue weighted by Gasteiger charge is -2.00. The van der Waals surface area contributed by atoms with Crippen molar-refractivity contribution in [1.29, 1.82) is 0 Å². The number of aromatic nitrogens is 3. The fourth-order valence-electron chi connectivity index (χ4n) is 1.13. The third kappa shape index (κ3) is 3.28. The molecule has 0 saturated carbocycles. The zero-order valence-corrected chi connectivity index (χ0v) is 11.1. The Hall–Kier alpha value is -0.940. The monoisotopic (exact) mass is 295 g/mol. The highest BCUT2D eigenvalue weighted by atomic mass is 79.9. The predicted octanol–water partition coefficient (Wildman–Crippen LogP) is 3.23. The van der Waals surface area contributed by atoms with Crippen molar-refractivity contribution in [2.24, 2.45) is 0 Å². The summed E-state index contributed by atoms with van der Waals surface area (Å²) in [5.41, 5.74) is 2.01. The van der Waals surface area contributed by atoms with Crippen molar-refractivity contribution in [3.63, 3.8) is 0 Å². The molecular formula is C11H10BrN3S. The van der Waals surface area contributed by atoms with E-state index in [0.717, 1.165) is 26.8 Å². The number of pyridine rings is 1. The molecule has 0 amide bonds. The number of thioether (sulfide) groups is 1. The van der Waals surface area contributed by atoms with Crippen molar-refractivity contribution >= 4 is 27.7 Å². The van der Waals surface area contributed by atoms with Crippen molar-refractivity contribution in [2.75, 3.05) is 0 Å². The molecule has 0 spiro atoms. The van der Waals surface area contributed by atoms with Gasteiger partial charge in [-0.15, -0.1) is 0 Å². The molecule has 0 aliphatic rings. The summed E-state index contributed by atoms with van der Waals surface area (Å²) in [6.45, 7) is 1.96. The topological polar surface area (TPSA) is 38.7 Å². The van der Waals surface area contributed by atoms with E-state index in [1.165, 1.54) is 0 Å². The molecule has 0 unspecified atom stereocenters. The van der Waals surface area contributed by atoms with Gasteiger partial charge in [0.15, 0.2) is 5.16 Å². The Morgan fingerprint density at radius 1 is 1.25 bits per heavy atom. The Balaban J connectivity index is 1.99. The van der Waals surface area contributed by atoms with Gasteiger partial charge in [0.05, 0.1) is 5.69 Å². The van der Waals surface area contributed by atoms with Gasteiger partial charge in [0.2, 0.25) is 0 Å². The Morgan fingerprint density at radius 3 is 2.81 bits per heavy atom. The molecule has 0 saturated heterocycles. The SMILES string of the molecule is Cc1ccnc(SCc2ccc(Br)cn2)n1. The van der Waals surface area contributed by atoms with Crippen LogP contribution < -0.4 is 0 Å². The van der Waals surface area contributed by atoms with Gasteiger partial charge in [0.25, 0.3) is 0 Å². The van der Waals surface area contributed by atoms with Gasteiger partial charge in [-0.1, -0.05) is 11.8 Å². The smallest absolute Gasteiger partial charge is 0.188 e. The second-order valence-electron chi connectivity index (χ2n) is 3.24. The largest absolute Gasteiger partial charge is 0.259 e. The highest BCUT2D eigenvalue weighted by Crippen LogP contribution is 2.18. The average Bonchev–Trinajstić information content (AvgIpc) is 2.28. The first-order valence-electron chi connectivity index (χ1n) is 4.77. The maximum absolute atomic E-state index is 4.32. The summed E-state index contributed by atoms with van der Waals surface area (Å²) in [6, 6.07) is 5.87. The van der Waals surface area contributed by atoms with E-state index in [-0.39, 0.29) is 0 Å². The van der Waals surface area contributed by atoms with Gasteiger partial charge in [-0.05, 0) is 41.1 Å². The Bertz CT molecular complexity index is 473.